The Morgan fingerprint density at radius 1 is 1.52 bits per heavy atom. The van der Waals surface area contributed by atoms with Crippen LogP contribution < -0.4 is 5.32 Å². The van der Waals surface area contributed by atoms with Crippen molar-refractivity contribution in [1.29, 1.82) is 0 Å². The van der Waals surface area contributed by atoms with E-state index in [1.54, 1.807) is 17.5 Å². The molecule has 0 aromatic carbocycles. The molecule has 4 nitrogen and oxygen atoms in total. The van der Waals surface area contributed by atoms with Gasteiger partial charge in [-0.3, -0.25) is 9.48 Å². The summed E-state index contributed by atoms with van der Waals surface area (Å²) in [5.74, 6) is 0.280. The van der Waals surface area contributed by atoms with E-state index in [1.807, 2.05) is 16.9 Å². The van der Waals surface area contributed by atoms with E-state index in [9.17, 15) is 4.79 Å². The molecule has 2 heterocycles. The van der Waals surface area contributed by atoms with Crippen LogP contribution in [0.25, 0.3) is 0 Å². The van der Waals surface area contributed by atoms with Gasteiger partial charge >= 0.3 is 0 Å². The van der Waals surface area contributed by atoms with Gasteiger partial charge in [-0.05, 0) is 47.7 Å². The minimum atomic E-state index is 0.0642. The Kier molecular flexibility index (Phi) is 4.50. The fraction of sp³-hybridized carbons (Fsp3) is 0.375. The number of aromatic nitrogens is 2. The Bertz CT molecular complexity index is 555. The van der Waals surface area contributed by atoms with Gasteiger partial charge in [-0.2, -0.15) is 16.4 Å². The molecule has 0 fully saturated rings. The number of hydrogen-bond donors (Lipinski definition) is 1. The molecule has 0 spiro atoms. The van der Waals surface area contributed by atoms with Crippen molar-refractivity contribution in [2.24, 2.45) is 5.92 Å². The number of nitrogens with zero attached hydrogens (tertiary/aromatic N) is 2. The summed E-state index contributed by atoms with van der Waals surface area (Å²) < 4.78 is 1.91. The first kappa shape index (κ1) is 14.1. The lowest BCUT2D eigenvalue weighted by Gasteiger charge is -2.21. The molecule has 0 bridgehead atoms. The third-order valence-electron chi connectivity index (χ3n) is 3.88. The number of carbonyl (C=O) groups excluding carboxylic acids is 1. The summed E-state index contributed by atoms with van der Waals surface area (Å²) in [4.78, 5) is 12.3. The maximum atomic E-state index is 12.3. The summed E-state index contributed by atoms with van der Waals surface area (Å²) in [6.07, 6.45) is 10.8. The molecule has 110 valence electrons. The highest BCUT2D eigenvalue weighted by molar-refractivity contribution is 7.07. The van der Waals surface area contributed by atoms with Gasteiger partial charge in [0.1, 0.15) is 0 Å². The predicted octanol–water partition coefficient (Wildman–Crippen LogP) is 3.01. The fourth-order valence-corrected chi connectivity index (χ4v) is 3.37. The second kappa shape index (κ2) is 6.72. The molecule has 1 aliphatic rings. The van der Waals surface area contributed by atoms with Gasteiger partial charge in [-0.25, -0.2) is 0 Å². The SMILES string of the molecule is O=C(NC[C@@H](c1ccsc1)n1cccn1)[C@H]1CC=CCC1. The molecule has 3 rings (SSSR count). The molecular formula is C16H19N3OS. The van der Waals surface area contributed by atoms with Gasteiger partial charge in [-0.1, -0.05) is 12.2 Å². The van der Waals surface area contributed by atoms with Crippen LogP contribution in [0.15, 0.2) is 47.4 Å². The van der Waals surface area contributed by atoms with Crippen molar-refractivity contribution in [3.8, 4) is 0 Å². The van der Waals surface area contributed by atoms with Crippen molar-refractivity contribution < 1.29 is 4.79 Å². The van der Waals surface area contributed by atoms with Crippen LogP contribution in [0, 0.1) is 5.92 Å². The predicted molar refractivity (Wildman–Crippen MR) is 84.2 cm³/mol. The van der Waals surface area contributed by atoms with E-state index in [4.69, 9.17) is 0 Å². The zero-order valence-electron chi connectivity index (χ0n) is 11.8. The lowest BCUT2D eigenvalue weighted by Crippen LogP contribution is -2.36. The summed E-state index contributed by atoms with van der Waals surface area (Å²) in [5, 5.41) is 11.6. The smallest absolute Gasteiger partial charge is 0.223 e. The number of hydrogen-bond acceptors (Lipinski definition) is 3. The van der Waals surface area contributed by atoms with Crippen molar-refractivity contribution in [2.75, 3.05) is 6.54 Å². The molecule has 0 saturated heterocycles. The van der Waals surface area contributed by atoms with Crippen LogP contribution in [0.4, 0.5) is 0 Å². The van der Waals surface area contributed by atoms with Gasteiger partial charge in [0.2, 0.25) is 5.91 Å². The molecule has 2 aromatic rings. The summed E-state index contributed by atoms with van der Waals surface area (Å²) in [6, 6.07) is 4.06. The number of rotatable bonds is 5. The Morgan fingerprint density at radius 2 is 2.48 bits per heavy atom. The molecule has 5 heteroatoms. The summed E-state index contributed by atoms with van der Waals surface area (Å²) in [6.45, 7) is 0.581. The van der Waals surface area contributed by atoms with Gasteiger partial charge in [0.25, 0.3) is 0 Å². The monoisotopic (exact) mass is 301 g/mol. The Hall–Kier alpha value is -1.88. The number of amides is 1. The zero-order valence-corrected chi connectivity index (χ0v) is 12.6. The first-order valence-electron chi connectivity index (χ1n) is 7.28. The highest BCUT2D eigenvalue weighted by Gasteiger charge is 2.21. The lowest BCUT2D eigenvalue weighted by molar-refractivity contribution is -0.125. The van der Waals surface area contributed by atoms with Crippen LogP contribution in [0.1, 0.15) is 30.9 Å². The minimum absolute atomic E-state index is 0.0642. The Labute approximate surface area is 128 Å². The van der Waals surface area contributed by atoms with Crippen molar-refractivity contribution in [3.63, 3.8) is 0 Å². The minimum Gasteiger partial charge on any atom is -0.353 e. The molecule has 1 amide bonds. The molecular weight excluding hydrogens is 282 g/mol. The number of nitrogens with one attached hydrogen (secondary N) is 1. The normalized spacial score (nSPS) is 19.3. The Balaban J connectivity index is 1.65. The van der Waals surface area contributed by atoms with E-state index in [0.29, 0.717) is 6.54 Å². The molecule has 0 saturated carbocycles. The van der Waals surface area contributed by atoms with E-state index < -0.39 is 0 Å². The average molecular weight is 301 g/mol. The lowest BCUT2D eigenvalue weighted by atomic mass is 9.93. The molecule has 0 aliphatic heterocycles. The number of thiophene rings is 1. The van der Waals surface area contributed by atoms with Crippen molar-refractivity contribution in [2.45, 2.75) is 25.3 Å². The summed E-state index contributed by atoms with van der Waals surface area (Å²) in [5.41, 5.74) is 1.19. The van der Waals surface area contributed by atoms with E-state index in [0.717, 1.165) is 19.3 Å². The second-order valence-corrected chi connectivity index (χ2v) is 6.07. The number of carbonyl (C=O) groups is 1. The van der Waals surface area contributed by atoms with Crippen molar-refractivity contribution in [3.05, 3.63) is 53.0 Å². The highest BCUT2D eigenvalue weighted by atomic mass is 32.1. The van der Waals surface area contributed by atoms with Crippen LogP contribution in [0.3, 0.4) is 0 Å². The highest BCUT2D eigenvalue weighted by Crippen LogP contribution is 2.21. The quantitative estimate of drug-likeness (QED) is 0.863. The van der Waals surface area contributed by atoms with Gasteiger partial charge in [0, 0.05) is 24.9 Å². The van der Waals surface area contributed by atoms with Gasteiger partial charge in [0.15, 0.2) is 0 Å². The van der Waals surface area contributed by atoms with Crippen molar-refractivity contribution >= 4 is 17.2 Å². The topological polar surface area (TPSA) is 46.9 Å². The fourth-order valence-electron chi connectivity index (χ4n) is 2.67. The van der Waals surface area contributed by atoms with Crippen molar-refractivity contribution in [1.82, 2.24) is 15.1 Å². The number of allylic oxidation sites excluding steroid dienone is 2. The van der Waals surface area contributed by atoms with Crippen LogP contribution in [0.2, 0.25) is 0 Å². The van der Waals surface area contributed by atoms with E-state index in [1.165, 1.54) is 5.56 Å². The van der Waals surface area contributed by atoms with E-state index >= 15 is 0 Å². The summed E-state index contributed by atoms with van der Waals surface area (Å²) >= 11 is 1.66. The van der Waals surface area contributed by atoms with Crippen LogP contribution in [0.5, 0.6) is 0 Å². The maximum Gasteiger partial charge on any atom is 0.223 e. The molecule has 1 aliphatic carbocycles. The van der Waals surface area contributed by atoms with Gasteiger partial charge in [0.05, 0.1) is 6.04 Å². The van der Waals surface area contributed by atoms with Gasteiger partial charge in [-0.15, -0.1) is 0 Å². The molecule has 21 heavy (non-hydrogen) atoms. The second-order valence-electron chi connectivity index (χ2n) is 5.29. The first-order valence-corrected chi connectivity index (χ1v) is 8.23. The third kappa shape index (κ3) is 3.42. The molecule has 1 N–H and O–H groups in total. The Morgan fingerprint density at radius 3 is 3.14 bits per heavy atom. The summed E-state index contributed by atoms with van der Waals surface area (Å²) in [7, 11) is 0. The van der Waals surface area contributed by atoms with E-state index in [2.05, 4.69) is 39.4 Å². The average Bonchev–Trinajstić information content (AvgIpc) is 3.22. The molecule has 2 aromatic heterocycles. The standard InChI is InChI=1S/C16H19N3OS/c20-16(13-5-2-1-3-6-13)17-11-15(14-7-10-21-12-14)19-9-4-8-18-19/h1-2,4,7-10,12-13,15H,3,5-6,11H2,(H,17,20)/t13-,15-/m0/s1. The third-order valence-corrected chi connectivity index (χ3v) is 4.58. The molecule has 0 radical (unpaired) electrons. The largest absolute Gasteiger partial charge is 0.353 e. The van der Waals surface area contributed by atoms with E-state index in [-0.39, 0.29) is 17.9 Å². The van der Waals surface area contributed by atoms with Crippen LogP contribution in [-0.4, -0.2) is 22.2 Å². The zero-order chi connectivity index (χ0) is 14.5. The first-order chi connectivity index (χ1) is 10.3. The van der Waals surface area contributed by atoms with Crippen LogP contribution >= 0.6 is 11.3 Å². The van der Waals surface area contributed by atoms with Gasteiger partial charge < -0.3 is 5.32 Å². The molecule has 0 unspecified atom stereocenters. The molecule has 2 atom stereocenters. The van der Waals surface area contributed by atoms with Crippen LogP contribution in [-0.2, 0) is 4.79 Å². The maximum absolute atomic E-state index is 12.3.